The van der Waals surface area contributed by atoms with Gasteiger partial charge in [-0.15, -0.1) is 0 Å². The van der Waals surface area contributed by atoms with Crippen LogP contribution >= 0.6 is 0 Å². The number of aliphatic hydroxyl groups is 1. The van der Waals surface area contributed by atoms with Gasteiger partial charge < -0.3 is 19.8 Å². The fraction of sp³-hybridized carbons (Fsp3) is 0.833. The molecule has 1 atom stereocenters. The number of amides is 1. The third-order valence-electron chi connectivity index (χ3n) is 1.61. The van der Waals surface area contributed by atoms with Crippen molar-refractivity contribution in [3.8, 4) is 0 Å². The number of morpholine rings is 1. The van der Waals surface area contributed by atoms with Crippen LogP contribution in [-0.4, -0.2) is 53.6 Å². The monoisotopic (exact) mass is 161 g/mol. The fourth-order valence-corrected chi connectivity index (χ4v) is 1.00. The van der Waals surface area contributed by atoms with Crippen LogP contribution < -0.4 is 0 Å². The molecular weight excluding hydrogens is 150 g/mol. The number of nitrogens with zero attached hydrogens (tertiary/aromatic N) is 1. The highest BCUT2D eigenvalue weighted by molar-refractivity contribution is 5.65. The van der Waals surface area contributed by atoms with Gasteiger partial charge in [0.2, 0.25) is 0 Å². The zero-order chi connectivity index (χ0) is 8.27. The fourth-order valence-electron chi connectivity index (χ4n) is 1.00. The topological polar surface area (TPSA) is 70.0 Å². The first-order valence-electron chi connectivity index (χ1n) is 3.44. The van der Waals surface area contributed by atoms with Crippen LogP contribution in [0.2, 0.25) is 0 Å². The first kappa shape index (κ1) is 8.29. The van der Waals surface area contributed by atoms with Gasteiger partial charge in [-0.25, -0.2) is 4.79 Å². The van der Waals surface area contributed by atoms with Crippen LogP contribution in [0.1, 0.15) is 0 Å². The molecule has 1 rings (SSSR count). The lowest BCUT2D eigenvalue weighted by molar-refractivity contribution is -0.0459. The van der Waals surface area contributed by atoms with Gasteiger partial charge in [-0.05, 0) is 0 Å². The molecular formula is C6H11NO4. The summed E-state index contributed by atoms with van der Waals surface area (Å²) in [6, 6.07) is 0. The highest BCUT2D eigenvalue weighted by atomic mass is 16.5. The molecule has 11 heavy (non-hydrogen) atoms. The smallest absolute Gasteiger partial charge is 0.407 e. The molecule has 0 saturated carbocycles. The summed E-state index contributed by atoms with van der Waals surface area (Å²) in [5.41, 5.74) is 0. The Morgan fingerprint density at radius 2 is 2.45 bits per heavy atom. The van der Waals surface area contributed by atoms with Crippen molar-refractivity contribution in [2.45, 2.75) is 6.10 Å². The molecule has 64 valence electrons. The van der Waals surface area contributed by atoms with Crippen molar-refractivity contribution in [3.63, 3.8) is 0 Å². The van der Waals surface area contributed by atoms with Crippen molar-refractivity contribution < 1.29 is 19.7 Å². The van der Waals surface area contributed by atoms with Crippen molar-refractivity contribution in [2.75, 3.05) is 26.3 Å². The van der Waals surface area contributed by atoms with E-state index < -0.39 is 6.09 Å². The zero-order valence-electron chi connectivity index (χ0n) is 6.06. The minimum atomic E-state index is -0.952. The summed E-state index contributed by atoms with van der Waals surface area (Å²) < 4.78 is 5.05. The maximum absolute atomic E-state index is 10.4. The Balaban J connectivity index is 2.39. The van der Waals surface area contributed by atoms with Gasteiger partial charge in [0.15, 0.2) is 0 Å². The average Bonchev–Trinajstić information content (AvgIpc) is 2.05. The third kappa shape index (κ3) is 2.06. The van der Waals surface area contributed by atoms with Crippen LogP contribution in [0, 0.1) is 0 Å². The molecule has 0 aromatic carbocycles. The number of carboxylic acid groups (broad SMARTS) is 1. The number of carbonyl (C=O) groups is 1. The van der Waals surface area contributed by atoms with Gasteiger partial charge in [-0.2, -0.15) is 0 Å². The van der Waals surface area contributed by atoms with Crippen LogP contribution in [-0.2, 0) is 4.74 Å². The second-order valence-corrected chi connectivity index (χ2v) is 2.40. The molecule has 1 heterocycles. The normalized spacial score (nSPS) is 25.2. The molecule has 0 aliphatic carbocycles. The number of hydrogen-bond acceptors (Lipinski definition) is 3. The molecule has 0 aromatic heterocycles. The average molecular weight is 161 g/mol. The molecule has 1 unspecified atom stereocenters. The minimum Gasteiger partial charge on any atom is -0.465 e. The lowest BCUT2D eigenvalue weighted by Gasteiger charge is -2.29. The van der Waals surface area contributed by atoms with E-state index in [1.54, 1.807) is 0 Å². The van der Waals surface area contributed by atoms with E-state index in [2.05, 4.69) is 0 Å². The SMILES string of the molecule is O=C(O)N1CCOC(CO)C1. The molecule has 1 aliphatic rings. The highest BCUT2D eigenvalue weighted by Gasteiger charge is 2.22. The maximum Gasteiger partial charge on any atom is 0.407 e. The van der Waals surface area contributed by atoms with E-state index in [-0.39, 0.29) is 19.3 Å². The Kier molecular flexibility index (Phi) is 2.67. The molecule has 0 aromatic rings. The molecule has 0 spiro atoms. The van der Waals surface area contributed by atoms with E-state index in [1.165, 1.54) is 4.90 Å². The first-order valence-corrected chi connectivity index (χ1v) is 3.44. The molecule has 5 nitrogen and oxygen atoms in total. The van der Waals surface area contributed by atoms with Gasteiger partial charge in [0.05, 0.1) is 25.9 Å². The van der Waals surface area contributed by atoms with Crippen LogP contribution in [0.4, 0.5) is 4.79 Å². The lowest BCUT2D eigenvalue weighted by Crippen LogP contribution is -2.46. The molecule has 5 heteroatoms. The number of ether oxygens (including phenoxy) is 1. The number of aliphatic hydroxyl groups excluding tert-OH is 1. The Hall–Kier alpha value is -0.810. The standard InChI is InChI=1S/C6H11NO4/c8-4-5-3-7(6(9)10)1-2-11-5/h5,8H,1-4H2,(H,9,10). The van der Waals surface area contributed by atoms with Gasteiger partial charge in [0.25, 0.3) is 0 Å². The molecule has 0 bridgehead atoms. The van der Waals surface area contributed by atoms with Crippen molar-refractivity contribution in [2.24, 2.45) is 0 Å². The largest absolute Gasteiger partial charge is 0.465 e. The van der Waals surface area contributed by atoms with Crippen molar-refractivity contribution >= 4 is 6.09 Å². The number of hydrogen-bond donors (Lipinski definition) is 2. The maximum atomic E-state index is 10.4. The Bertz CT molecular complexity index is 150. The summed E-state index contributed by atoms with van der Waals surface area (Å²) in [6.07, 6.45) is -1.30. The molecule has 0 radical (unpaired) electrons. The predicted octanol–water partition coefficient (Wildman–Crippen LogP) is -0.642. The predicted molar refractivity (Wildman–Crippen MR) is 36.4 cm³/mol. The molecule has 2 N–H and O–H groups in total. The van der Waals surface area contributed by atoms with Gasteiger partial charge in [0.1, 0.15) is 0 Å². The third-order valence-corrected chi connectivity index (χ3v) is 1.61. The van der Waals surface area contributed by atoms with Crippen LogP contribution in [0.15, 0.2) is 0 Å². The summed E-state index contributed by atoms with van der Waals surface area (Å²) >= 11 is 0. The van der Waals surface area contributed by atoms with Crippen molar-refractivity contribution in [3.05, 3.63) is 0 Å². The summed E-state index contributed by atoms with van der Waals surface area (Å²) in [4.78, 5) is 11.6. The van der Waals surface area contributed by atoms with E-state index in [4.69, 9.17) is 14.9 Å². The summed E-state index contributed by atoms with van der Waals surface area (Å²) in [5.74, 6) is 0. The van der Waals surface area contributed by atoms with Crippen LogP contribution in [0.3, 0.4) is 0 Å². The van der Waals surface area contributed by atoms with Crippen molar-refractivity contribution in [1.82, 2.24) is 4.90 Å². The summed E-state index contributed by atoms with van der Waals surface area (Å²) in [5, 5.41) is 17.2. The Morgan fingerprint density at radius 3 is 3.00 bits per heavy atom. The van der Waals surface area contributed by atoms with Gasteiger partial charge in [0, 0.05) is 6.54 Å². The molecule has 1 saturated heterocycles. The highest BCUT2D eigenvalue weighted by Crippen LogP contribution is 2.03. The van der Waals surface area contributed by atoms with Gasteiger partial charge in [-0.3, -0.25) is 0 Å². The van der Waals surface area contributed by atoms with Crippen LogP contribution in [0.25, 0.3) is 0 Å². The van der Waals surface area contributed by atoms with E-state index in [1.807, 2.05) is 0 Å². The minimum absolute atomic E-state index is 0.121. The number of rotatable bonds is 1. The van der Waals surface area contributed by atoms with Gasteiger partial charge in [-0.1, -0.05) is 0 Å². The Labute approximate surface area is 64.2 Å². The zero-order valence-corrected chi connectivity index (χ0v) is 6.06. The Morgan fingerprint density at radius 1 is 1.73 bits per heavy atom. The van der Waals surface area contributed by atoms with Crippen LogP contribution in [0.5, 0.6) is 0 Å². The summed E-state index contributed by atoms with van der Waals surface area (Å²) in [7, 11) is 0. The molecule has 1 fully saturated rings. The summed E-state index contributed by atoms with van der Waals surface area (Å²) in [6.45, 7) is 0.916. The second-order valence-electron chi connectivity index (χ2n) is 2.40. The van der Waals surface area contributed by atoms with Gasteiger partial charge >= 0.3 is 6.09 Å². The first-order chi connectivity index (χ1) is 5.24. The molecule has 1 amide bonds. The molecule has 1 aliphatic heterocycles. The quantitative estimate of drug-likeness (QED) is 0.536. The van der Waals surface area contributed by atoms with E-state index >= 15 is 0 Å². The lowest BCUT2D eigenvalue weighted by atomic mass is 10.3. The van der Waals surface area contributed by atoms with E-state index in [9.17, 15) is 4.79 Å². The van der Waals surface area contributed by atoms with E-state index in [0.29, 0.717) is 13.2 Å². The van der Waals surface area contributed by atoms with E-state index in [0.717, 1.165) is 0 Å². The van der Waals surface area contributed by atoms with Crippen molar-refractivity contribution in [1.29, 1.82) is 0 Å². The second kappa shape index (κ2) is 3.54.